The molecule has 0 aliphatic carbocycles. The van der Waals surface area contributed by atoms with Gasteiger partial charge in [0.2, 0.25) is 0 Å². The first-order chi connectivity index (χ1) is 21.0. The Morgan fingerprint density at radius 2 is 0.581 bits per heavy atom. The Bertz CT molecular complexity index is 590. The highest BCUT2D eigenvalue weighted by Gasteiger charge is 2.16. The van der Waals surface area contributed by atoms with E-state index >= 15 is 0 Å². The number of hydrogen-bond acceptors (Lipinski definition) is 4. The van der Waals surface area contributed by atoms with Crippen LogP contribution in [0.15, 0.2) is 0 Å². The van der Waals surface area contributed by atoms with Crippen molar-refractivity contribution in [1.29, 1.82) is 0 Å². The average molecular weight is 609 g/mol. The second kappa shape index (κ2) is 33.8. The minimum Gasteiger partial charge on any atom is -0.463 e. The van der Waals surface area contributed by atoms with Crippen LogP contribution in [-0.2, 0) is 19.1 Å². The molecule has 2 unspecified atom stereocenters. The van der Waals surface area contributed by atoms with Crippen molar-refractivity contribution < 1.29 is 19.1 Å². The molecule has 0 fully saturated rings. The molecule has 0 aromatic carbocycles. The van der Waals surface area contributed by atoms with Gasteiger partial charge in [-0.15, -0.1) is 0 Å². The number of carbonyl (C=O) groups is 2. The molecule has 0 rings (SSSR count). The summed E-state index contributed by atoms with van der Waals surface area (Å²) in [6, 6.07) is 0. The lowest BCUT2D eigenvalue weighted by Gasteiger charge is -2.18. The largest absolute Gasteiger partial charge is 0.463 e. The van der Waals surface area contributed by atoms with Gasteiger partial charge in [0.05, 0.1) is 0 Å². The monoisotopic (exact) mass is 609 g/mol. The molecule has 43 heavy (non-hydrogen) atoms. The smallest absolute Gasteiger partial charge is 0.306 e. The molecule has 0 radical (unpaired) electrons. The fourth-order valence-corrected chi connectivity index (χ4v) is 6.06. The topological polar surface area (TPSA) is 52.6 Å². The van der Waals surface area contributed by atoms with Gasteiger partial charge in [-0.25, -0.2) is 0 Å². The number of unbranched alkanes of at least 4 members (excludes halogenated alkanes) is 26. The average Bonchev–Trinajstić information content (AvgIpc) is 2.97. The fraction of sp³-hybridized carbons (Fsp3) is 0.949. The molecule has 0 heterocycles. The molecule has 0 bridgehead atoms. The second-order valence-electron chi connectivity index (χ2n) is 13.5. The number of carbonyl (C=O) groups excluding carboxylic acids is 2. The predicted octanol–water partition coefficient (Wildman–Crippen LogP) is 13.0. The Morgan fingerprint density at radius 1 is 0.372 bits per heavy atom. The number of hydrogen-bond donors (Lipinski definition) is 0. The van der Waals surface area contributed by atoms with Crippen LogP contribution >= 0.6 is 0 Å². The maximum Gasteiger partial charge on any atom is 0.306 e. The molecular weight excluding hydrogens is 532 g/mol. The van der Waals surface area contributed by atoms with E-state index in [0.717, 1.165) is 25.7 Å². The third-order valence-electron chi connectivity index (χ3n) is 8.80. The molecule has 0 aromatic heterocycles. The third kappa shape index (κ3) is 33.7. The Morgan fingerprint density at radius 3 is 0.814 bits per heavy atom. The van der Waals surface area contributed by atoms with Crippen molar-refractivity contribution in [1.82, 2.24) is 0 Å². The summed E-state index contributed by atoms with van der Waals surface area (Å²) in [7, 11) is 0. The Balaban J connectivity index is 3.51. The first-order valence-electron chi connectivity index (χ1n) is 19.4. The summed E-state index contributed by atoms with van der Waals surface area (Å²) in [6.45, 7) is 8.36. The molecule has 0 aliphatic rings. The fourth-order valence-electron chi connectivity index (χ4n) is 6.06. The molecule has 256 valence electrons. The molecule has 0 aliphatic heterocycles. The zero-order valence-corrected chi connectivity index (χ0v) is 29.7. The van der Waals surface area contributed by atoms with Crippen LogP contribution in [0.25, 0.3) is 0 Å². The summed E-state index contributed by atoms with van der Waals surface area (Å²) in [5.74, 6) is -0.236. The molecule has 2 atom stereocenters. The summed E-state index contributed by atoms with van der Waals surface area (Å²) >= 11 is 0. The molecule has 0 N–H and O–H groups in total. The van der Waals surface area contributed by atoms with Gasteiger partial charge in [-0.2, -0.15) is 0 Å². The minimum absolute atomic E-state index is 0.118. The summed E-state index contributed by atoms with van der Waals surface area (Å²) in [4.78, 5) is 24.4. The second-order valence-corrected chi connectivity index (χ2v) is 13.5. The number of ether oxygens (including phenoxy) is 2. The van der Waals surface area contributed by atoms with Gasteiger partial charge in [-0.05, 0) is 26.7 Å². The van der Waals surface area contributed by atoms with E-state index in [9.17, 15) is 9.59 Å². The van der Waals surface area contributed by atoms with Crippen molar-refractivity contribution in [3.8, 4) is 0 Å². The van der Waals surface area contributed by atoms with Gasteiger partial charge < -0.3 is 9.47 Å². The maximum absolute atomic E-state index is 12.2. The molecule has 0 amide bonds. The van der Waals surface area contributed by atoms with E-state index in [-0.39, 0.29) is 24.1 Å². The van der Waals surface area contributed by atoms with Crippen LogP contribution in [0.3, 0.4) is 0 Å². The van der Waals surface area contributed by atoms with E-state index in [1.165, 1.54) is 154 Å². The van der Waals surface area contributed by atoms with Crippen LogP contribution < -0.4 is 0 Å². The standard InChI is InChI=1S/C39H76O4/c1-5-7-9-11-13-15-17-19-20-22-24-26-28-30-32-34-39(41)43-37(4)35-36(3)42-38(40)33-31-29-27-25-23-21-18-16-14-12-10-8-6-2/h36-37H,5-35H2,1-4H3. The lowest BCUT2D eigenvalue weighted by atomic mass is 10.0. The molecule has 0 spiro atoms. The third-order valence-corrected chi connectivity index (χ3v) is 8.80. The highest BCUT2D eigenvalue weighted by atomic mass is 16.6. The molecular formula is C39H76O4. The first kappa shape index (κ1) is 41.9. The van der Waals surface area contributed by atoms with E-state index in [1.54, 1.807) is 0 Å². The van der Waals surface area contributed by atoms with Crippen LogP contribution in [0, 0.1) is 0 Å². The Kier molecular flexibility index (Phi) is 33.0. The number of esters is 2. The first-order valence-corrected chi connectivity index (χ1v) is 19.4. The van der Waals surface area contributed by atoms with E-state index in [1.807, 2.05) is 13.8 Å². The Hall–Kier alpha value is -1.06. The summed E-state index contributed by atoms with van der Waals surface area (Å²) in [6.07, 6.45) is 37.8. The zero-order valence-electron chi connectivity index (χ0n) is 29.7. The van der Waals surface area contributed by atoms with Crippen molar-refractivity contribution >= 4 is 11.9 Å². The minimum atomic E-state index is -0.219. The Labute approximate surface area is 269 Å². The van der Waals surface area contributed by atoms with Gasteiger partial charge in [0, 0.05) is 19.3 Å². The van der Waals surface area contributed by atoms with Crippen LogP contribution in [-0.4, -0.2) is 24.1 Å². The quantitative estimate of drug-likeness (QED) is 0.0538. The molecule has 4 heteroatoms. The molecule has 4 nitrogen and oxygen atoms in total. The molecule has 0 saturated carbocycles. The van der Waals surface area contributed by atoms with E-state index < -0.39 is 0 Å². The summed E-state index contributed by atoms with van der Waals surface area (Å²) in [5, 5.41) is 0. The van der Waals surface area contributed by atoms with Crippen molar-refractivity contribution in [3.63, 3.8) is 0 Å². The van der Waals surface area contributed by atoms with Crippen LogP contribution in [0.1, 0.15) is 227 Å². The van der Waals surface area contributed by atoms with Crippen molar-refractivity contribution in [2.75, 3.05) is 0 Å². The van der Waals surface area contributed by atoms with Crippen molar-refractivity contribution in [2.24, 2.45) is 0 Å². The maximum atomic E-state index is 12.2. The lowest BCUT2D eigenvalue weighted by Crippen LogP contribution is -2.23. The zero-order chi connectivity index (χ0) is 31.6. The lowest BCUT2D eigenvalue weighted by molar-refractivity contribution is -0.154. The van der Waals surface area contributed by atoms with Gasteiger partial charge in [0.25, 0.3) is 0 Å². The van der Waals surface area contributed by atoms with E-state index in [2.05, 4.69) is 13.8 Å². The van der Waals surface area contributed by atoms with Gasteiger partial charge >= 0.3 is 11.9 Å². The van der Waals surface area contributed by atoms with Gasteiger partial charge in [-0.1, -0.05) is 181 Å². The molecule has 0 saturated heterocycles. The highest BCUT2D eigenvalue weighted by Crippen LogP contribution is 2.16. The normalized spacial score (nSPS) is 12.7. The van der Waals surface area contributed by atoms with Gasteiger partial charge in [0.1, 0.15) is 12.2 Å². The van der Waals surface area contributed by atoms with E-state index in [0.29, 0.717) is 19.3 Å². The van der Waals surface area contributed by atoms with E-state index in [4.69, 9.17) is 9.47 Å². The summed E-state index contributed by atoms with van der Waals surface area (Å²) < 4.78 is 11.1. The van der Waals surface area contributed by atoms with Crippen molar-refractivity contribution in [3.05, 3.63) is 0 Å². The van der Waals surface area contributed by atoms with Gasteiger partial charge in [-0.3, -0.25) is 9.59 Å². The number of rotatable bonds is 34. The van der Waals surface area contributed by atoms with Crippen LogP contribution in [0.4, 0.5) is 0 Å². The predicted molar refractivity (Wildman–Crippen MR) is 186 cm³/mol. The summed E-state index contributed by atoms with van der Waals surface area (Å²) in [5.41, 5.74) is 0. The highest BCUT2D eigenvalue weighted by molar-refractivity contribution is 5.70. The molecule has 0 aromatic rings. The SMILES string of the molecule is CCCCCCCCCCCCCCCCCC(=O)OC(C)CC(C)OC(=O)CCCCCCCCCCCCCCC. The van der Waals surface area contributed by atoms with Gasteiger partial charge in [0.15, 0.2) is 0 Å². The van der Waals surface area contributed by atoms with Crippen LogP contribution in [0.2, 0.25) is 0 Å². The van der Waals surface area contributed by atoms with Crippen molar-refractivity contribution in [2.45, 2.75) is 239 Å². The van der Waals surface area contributed by atoms with Crippen LogP contribution in [0.5, 0.6) is 0 Å².